The van der Waals surface area contributed by atoms with Gasteiger partial charge in [-0.15, -0.1) is 0 Å². The van der Waals surface area contributed by atoms with Crippen LogP contribution in [0.2, 0.25) is 5.02 Å². The Morgan fingerprint density at radius 3 is 2.32 bits per heavy atom. The van der Waals surface area contributed by atoms with Gasteiger partial charge in [0.15, 0.2) is 16.7 Å². The lowest BCUT2D eigenvalue weighted by atomic mass is 10.1. The van der Waals surface area contributed by atoms with E-state index in [0.29, 0.717) is 16.4 Å². The predicted molar refractivity (Wildman–Crippen MR) is 95.5 cm³/mol. The number of aromatic nitrogens is 2. The number of carbonyl (C=O) groups is 2. The van der Waals surface area contributed by atoms with E-state index >= 15 is 0 Å². The lowest BCUT2D eigenvalue weighted by Crippen LogP contribution is -2.39. The van der Waals surface area contributed by atoms with Gasteiger partial charge in [0.25, 0.3) is 5.56 Å². The SMILES string of the molecule is CC(=O)C(N=Nc1ccc(Cl)cc1)(Sc1nc(C)cc(=O)[nH]1)C(C)=O. The standard InChI is InChI=1S/C16H15ClN4O3S/c1-9-8-14(24)19-15(18-9)25-16(10(2)22,11(3)23)21-20-13-6-4-12(17)5-7-13/h4-8H,1-3H3,(H,18,19,24). The van der Waals surface area contributed by atoms with Gasteiger partial charge in [-0.3, -0.25) is 14.4 Å². The number of hydrogen-bond acceptors (Lipinski definition) is 7. The molecule has 25 heavy (non-hydrogen) atoms. The first kappa shape index (κ1) is 19.0. The highest BCUT2D eigenvalue weighted by Gasteiger charge is 2.43. The minimum Gasteiger partial charge on any atom is -0.301 e. The van der Waals surface area contributed by atoms with Gasteiger partial charge in [0.1, 0.15) is 0 Å². The number of carbonyl (C=O) groups excluding carboxylic acids is 2. The molecule has 0 atom stereocenters. The van der Waals surface area contributed by atoms with E-state index in [9.17, 15) is 14.4 Å². The van der Waals surface area contributed by atoms with E-state index in [1.165, 1.54) is 19.9 Å². The Bertz CT molecular complexity index is 879. The maximum absolute atomic E-state index is 12.2. The van der Waals surface area contributed by atoms with E-state index < -0.39 is 16.4 Å². The van der Waals surface area contributed by atoms with Crippen molar-refractivity contribution in [2.24, 2.45) is 10.2 Å². The maximum Gasteiger partial charge on any atom is 0.251 e. The molecule has 0 spiro atoms. The maximum atomic E-state index is 12.2. The summed E-state index contributed by atoms with van der Waals surface area (Å²) in [5.41, 5.74) is 0.509. The number of ketones is 2. The van der Waals surface area contributed by atoms with Crippen molar-refractivity contribution in [1.82, 2.24) is 9.97 Å². The highest BCUT2D eigenvalue weighted by atomic mass is 35.5. The van der Waals surface area contributed by atoms with E-state index in [2.05, 4.69) is 20.2 Å². The van der Waals surface area contributed by atoms with Gasteiger partial charge in [0.2, 0.25) is 4.87 Å². The van der Waals surface area contributed by atoms with Crippen molar-refractivity contribution in [3.05, 3.63) is 51.4 Å². The van der Waals surface area contributed by atoms with Crippen LogP contribution in [-0.4, -0.2) is 26.4 Å². The second-order valence-electron chi connectivity index (χ2n) is 5.23. The summed E-state index contributed by atoms with van der Waals surface area (Å²) in [6.07, 6.45) is 0. The number of azo groups is 1. The summed E-state index contributed by atoms with van der Waals surface area (Å²) in [5.74, 6) is -1.04. The molecule has 2 aromatic rings. The van der Waals surface area contributed by atoms with Gasteiger partial charge in [-0.2, -0.15) is 10.2 Å². The number of aromatic amines is 1. The van der Waals surface area contributed by atoms with Crippen LogP contribution in [0.4, 0.5) is 5.69 Å². The monoisotopic (exact) mass is 378 g/mol. The average molecular weight is 379 g/mol. The summed E-state index contributed by atoms with van der Waals surface area (Å²) in [7, 11) is 0. The van der Waals surface area contributed by atoms with Gasteiger partial charge in [0.05, 0.1) is 5.69 Å². The second kappa shape index (κ2) is 7.71. The Morgan fingerprint density at radius 2 is 1.80 bits per heavy atom. The number of aryl methyl sites for hydroxylation is 1. The minimum absolute atomic E-state index is 0.116. The molecule has 0 radical (unpaired) electrons. The van der Waals surface area contributed by atoms with Crippen molar-refractivity contribution in [2.45, 2.75) is 30.8 Å². The molecule has 0 aliphatic rings. The average Bonchev–Trinajstić information content (AvgIpc) is 2.51. The van der Waals surface area contributed by atoms with Crippen LogP contribution in [0.25, 0.3) is 0 Å². The van der Waals surface area contributed by atoms with E-state index in [0.717, 1.165) is 11.8 Å². The molecule has 0 saturated carbocycles. The number of nitrogens with zero attached hydrogens (tertiary/aromatic N) is 3. The number of Topliss-reactive ketones (excluding diaryl/α,β-unsaturated/α-hetero) is 2. The molecule has 1 heterocycles. The van der Waals surface area contributed by atoms with E-state index in [1.54, 1.807) is 31.2 Å². The zero-order valence-electron chi connectivity index (χ0n) is 13.7. The molecule has 0 saturated heterocycles. The van der Waals surface area contributed by atoms with Crippen LogP contribution in [-0.2, 0) is 9.59 Å². The van der Waals surface area contributed by atoms with Crippen LogP contribution in [0, 0.1) is 6.92 Å². The smallest absolute Gasteiger partial charge is 0.251 e. The third-order valence-electron chi connectivity index (χ3n) is 3.18. The molecule has 130 valence electrons. The highest BCUT2D eigenvalue weighted by Crippen LogP contribution is 2.35. The van der Waals surface area contributed by atoms with Crippen molar-refractivity contribution < 1.29 is 9.59 Å². The number of rotatable bonds is 6. The third-order valence-corrected chi connectivity index (χ3v) is 4.77. The van der Waals surface area contributed by atoms with Crippen molar-refractivity contribution in [3.63, 3.8) is 0 Å². The third kappa shape index (κ3) is 4.61. The van der Waals surface area contributed by atoms with Gasteiger partial charge in [-0.25, -0.2) is 4.98 Å². The zero-order valence-corrected chi connectivity index (χ0v) is 15.3. The largest absolute Gasteiger partial charge is 0.301 e. The van der Waals surface area contributed by atoms with Gasteiger partial charge in [0, 0.05) is 16.8 Å². The summed E-state index contributed by atoms with van der Waals surface area (Å²) >= 11 is 6.56. The van der Waals surface area contributed by atoms with Crippen LogP contribution >= 0.6 is 23.4 Å². The molecule has 2 rings (SSSR count). The Morgan fingerprint density at radius 1 is 1.20 bits per heavy atom. The van der Waals surface area contributed by atoms with Gasteiger partial charge >= 0.3 is 0 Å². The molecule has 0 fully saturated rings. The molecule has 0 aliphatic carbocycles. The van der Waals surface area contributed by atoms with Crippen LogP contribution in [0.1, 0.15) is 19.5 Å². The first-order valence-corrected chi connectivity index (χ1v) is 8.40. The summed E-state index contributed by atoms with van der Waals surface area (Å²) in [6.45, 7) is 4.12. The Kier molecular flexibility index (Phi) is 5.86. The molecule has 1 aromatic heterocycles. The zero-order chi connectivity index (χ0) is 18.6. The van der Waals surface area contributed by atoms with Gasteiger partial charge in [-0.1, -0.05) is 11.6 Å². The molecule has 0 unspecified atom stereocenters. The molecule has 0 aliphatic heterocycles. The van der Waals surface area contributed by atoms with E-state index in [-0.39, 0.29) is 10.7 Å². The summed E-state index contributed by atoms with van der Waals surface area (Å²) < 4.78 is 0. The number of halogens is 1. The fourth-order valence-electron chi connectivity index (χ4n) is 1.93. The molecule has 7 nitrogen and oxygen atoms in total. The molecule has 9 heteroatoms. The van der Waals surface area contributed by atoms with Crippen LogP contribution in [0.15, 0.2) is 50.5 Å². The topological polar surface area (TPSA) is 105 Å². The Balaban J connectivity index is 2.46. The molecule has 0 bridgehead atoms. The van der Waals surface area contributed by atoms with Crippen molar-refractivity contribution >= 4 is 40.6 Å². The lowest BCUT2D eigenvalue weighted by Gasteiger charge is -2.21. The molecule has 1 N–H and O–H groups in total. The summed E-state index contributed by atoms with van der Waals surface area (Å²) in [6, 6.07) is 7.75. The van der Waals surface area contributed by atoms with Gasteiger partial charge in [-0.05, 0) is 56.8 Å². The molecule has 0 amide bonds. The first-order valence-electron chi connectivity index (χ1n) is 7.20. The van der Waals surface area contributed by atoms with Gasteiger partial charge < -0.3 is 4.98 Å². The normalized spacial score (nSPS) is 11.7. The van der Waals surface area contributed by atoms with E-state index in [4.69, 9.17) is 11.6 Å². The number of hydrogen-bond donors (Lipinski definition) is 1. The van der Waals surface area contributed by atoms with Crippen molar-refractivity contribution in [1.29, 1.82) is 0 Å². The molecular weight excluding hydrogens is 364 g/mol. The Hall–Kier alpha value is -2.32. The molecule has 1 aromatic carbocycles. The lowest BCUT2D eigenvalue weighted by molar-refractivity contribution is -0.128. The number of benzene rings is 1. The fourth-order valence-corrected chi connectivity index (χ4v) is 3.04. The summed E-state index contributed by atoms with van der Waals surface area (Å²) in [5, 5.41) is 8.62. The quantitative estimate of drug-likeness (QED) is 0.358. The number of thioether (sulfide) groups is 1. The van der Waals surface area contributed by atoms with Crippen molar-refractivity contribution in [3.8, 4) is 0 Å². The molecular formula is C16H15ClN4O3S. The van der Waals surface area contributed by atoms with Crippen LogP contribution < -0.4 is 5.56 Å². The van der Waals surface area contributed by atoms with E-state index in [1.807, 2.05) is 0 Å². The highest BCUT2D eigenvalue weighted by molar-refractivity contribution is 8.02. The predicted octanol–water partition coefficient (Wildman–Crippen LogP) is 3.48. The minimum atomic E-state index is -1.83. The second-order valence-corrected chi connectivity index (χ2v) is 6.84. The Labute approximate surface area is 152 Å². The first-order chi connectivity index (χ1) is 11.7. The van der Waals surface area contributed by atoms with Crippen LogP contribution in [0.3, 0.4) is 0 Å². The van der Waals surface area contributed by atoms with Crippen LogP contribution in [0.5, 0.6) is 0 Å². The fraction of sp³-hybridized carbons (Fsp3) is 0.250. The number of H-pyrrole nitrogens is 1. The van der Waals surface area contributed by atoms with Crippen molar-refractivity contribution in [2.75, 3.05) is 0 Å². The number of nitrogens with one attached hydrogen (secondary N) is 1. The summed E-state index contributed by atoms with van der Waals surface area (Å²) in [4.78, 5) is 40.8.